The SMILES string of the molecule is Cc1ncc(-c2cccn3c(-c4cncc(F)c4)c(CO)nc23)cc1C(=O)Nc1ccc(F)cc1. The number of aromatic nitrogens is 4. The standard InChI is InChI=1S/C26H19F2N5O2/c1-15-22(26(35)31-20-6-4-18(27)5-7-20)10-16(12-30-15)21-3-2-8-33-24(23(14-34)32-25(21)33)17-9-19(28)13-29-11-17/h2-13,34H,14H2,1H3,(H,31,35). The van der Waals surface area contributed by atoms with E-state index >= 15 is 0 Å². The van der Waals surface area contributed by atoms with Crippen LogP contribution in [0.5, 0.6) is 0 Å². The van der Waals surface area contributed by atoms with Crippen molar-refractivity contribution in [1.29, 1.82) is 0 Å². The zero-order valence-electron chi connectivity index (χ0n) is 18.5. The molecule has 0 radical (unpaired) electrons. The van der Waals surface area contributed by atoms with E-state index in [0.29, 0.717) is 50.7 Å². The van der Waals surface area contributed by atoms with Crippen LogP contribution in [0.15, 0.2) is 73.3 Å². The van der Waals surface area contributed by atoms with Gasteiger partial charge in [0.15, 0.2) is 0 Å². The van der Waals surface area contributed by atoms with Crippen LogP contribution in [0.25, 0.3) is 28.0 Å². The lowest BCUT2D eigenvalue weighted by atomic mass is 10.0. The molecule has 9 heteroatoms. The number of amides is 1. The van der Waals surface area contributed by atoms with Gasteiger partial charge in [-0.15, -0.1) is 0 Å². The van der Waals surface area contributed by atoms with Gasteiger partial charge in [-0.2, -0.15) is 0 Å². The number of hydrogen-bond acceptors (Lipinski definition) is 5. The first-order valence-electron chi connectivity index (χ1n) is 10.7. The van der Waals surface area contributed by atoms with E-state index in [-0.39, 0.29) is 12.5 Å². The van der Waals surface area contributed by atoms with E-state index in [1.54, 1.807) is 35.9 Å². The third-order valence-electron chi connectivity index (χ3n) is 5.59. The van der Waals surface area contributed by atoms with Crippen LogP contribution in [0.2, 0.25) is 0 Å². The molecule has 1 amide bonds. The van der Waals surface area contributed by atoms with Crippen LogP contribution < -0.4 is 5.32 Å². The average molecular weight is 471 g/mol. The first-order valence-corrected chi connectivity index (χ1v) is 10.7. The van der Waals surface area contributed by atoms with Crippen molar-refractivity contribution < 1.29 is 18.7 Å². The number of pyridine rings is 3. The number of carbonyl (C=O) groups is 1. The predicted octanol–water partition coefficient (Wildman–Crippen LogP) is 4.79. The number of imidazole rings is 1. The Labute approximate surface area is 198 Å². The van der Waals surface area contributed by atoms with Crippen molar-refractivity contribution in [1.82, 2.24) is 19.4 Å². The number of nitrogens with one attached hydrogen (secondary N) is 1. The van der Waals surface area contributed by atoms with Crippen molar-refractivity contribution >= 4 is 17.2 Å². The second-order valence-electron chi connectivity index (χ2n) is 7.89. The number of anilines is 1. The maximum atomic E-state index is 13.9. The van der Waals surface area contributed by atoms with Crippen molar-refractivity contribution in [3.05, 3.63) is 102 Å². The summed E-state index contributed by atoms with van der Waals surface area (Å²) in [6, 6.07) is 12.1. The number of rotatable bonds is 5. The van der Waals surface area contributed by atoms with E-state index in [9.17, 15) is 18.7 Å². The number of benzene rings is 1. The lowest BCUT2D eigenvalue weighted by molar-refractivity contribution is 0.102. The molecule has 35 heavy (non-hydrogen) atoms. The zero-order chi connectivity index (χ0) is 24.5. The van der Waals surface area contributed by atoms with Crippen LogP contribution in [0.4, 0.5) is 14.5 Å². The molecular weight excluding hydrogens is 452 g/mol. The number of hydrogen-bond donors (Lipinski definition) is 2. The van der Waals surface area contributed by atoms with E-state index in [2.05, 4.69) is 20.3 Å². The summed E-state index contributed by atoms with van der Waals surface area (Å²) in [6.45, 7) is 1.36. The van der Waals surface area contributed by atoms with Crippen molar-refractivity contribution in [3.8, 4) is 22.4 Å². The Morgan fingerprint density at radius 2 is 1.83 bits per heavy atom. The number of nitrogens with zero attached hydrogens (tertiary/aromatic N) is 4. The highest BCUT2D eigenvalue weighted by molar-refractivity contribution is 6.05. The van der Waals surface area contributed by atoms with Gasteiger partial charge in [-0.3, -0.25) is 19.2 Å². The minimum atomic E-state index is -0.503. The molecule has 0 aliphatic carbocycles. The van der Waals surface area contributed by atoms with Gasteiger partial charge in [0.1, 0.15) is 17.3 Å². The fourth-order valence-corrected chi connectivity index (χ4v) is 3.94. The highest BCUT2D eigenvalue weighted by Crippen LogP contribution is 2.31. The topological polar surface area (TPSA) is 92.4 Å². The number of aryl methyl sites for hydroxylation is 1. The Hall–Kier alpha value is -4.50. The van der Waals surface area contributed by atoms with E-state index in [1.165, 1.54) is 36.5 Å². The van der Waals surface area contributed by atoms with Gasteiger partial charge >= 0.3 is 0 Å². The lowest BCUT2D eigenvalue weighted by Crippen LogP contribution is -2.14. The molecular formula is C26H19F2N5O2. The minimum Gasteiger partial charge on any atom is -0.390 e. The Morgan fingerprint density at radius 1 is 1.03 bits per heavy atom. The van der Waals surface area contributed by atoms with Gasteiger partial charge in [-0.1, -0.05) is 0 Å². The van der Waals surface area contributed by atoms with Crippen molar-refractivity contribution in [2.45, 2.75) is 13.5 Å². The molecule has 0 aliphatic heterocycles. The quantitative estimate of drug-likeness (QED) is 0.385. The van der Waals surface area contributed by atoms with Crippen LogP contribution in [0, 0.1) is 18.6 Å². The van der Waals surface area contributed by atoms with Crippen LogP contribution in [-0.4, -0.2) is 30.4 Å². The van der Waals surface area contributed by atoms with Crippen LogP contribution >= 0.6 is 0 Å². The normalized spacial score (nSPS) is 11.1. The fraction of sp³-hybridized carbons (Fsp3) is 0.0769. The Morgan fingerprint density at radius 3 is 2.57 bits per heavy atom. The largest absolute Gasteiger partial charge is 0.390 e. The molecule has 174 valence electrons. The van der Waals surface area contributed by atoms with Gasteiger partial charge in [-0.25, -0.2) is 13.8 Å². The summed E-state index contributed by atoms with van der Waals surface area (Å²) in [5.74, 6) is -1.29. The Balaban J connectivity index is 1.59. The van der Waals surface area contributed by atoms with Crippen molar-refractivity contribution in [2.24, 2.45) is 0 Å². The molecule has 2 N–H and O–H groups in total. The number of carbonyl (C=O) groups excluding carboxylic acids is 1. The molecule has 0 aliphatic rings. The summed E-state index contributed by atoms with van der Waals surface area (Å²) in [5, 5.41) is 12.7. The van der Waals surface area contributed by atoms with E-state index in [4.69, 9.17) is 0 Å². The zero-order valence-corrected chi connectivity index (χ0v) is 18.5. The van der Waals surface area contributed by atoms with Gasteiger partial charge < -0.3 is 10.4 Å². The molecule has 5 aromatic rings. The lowest BCUT2D eigenvalue weighted by Gasteiger charge is -2.11. The first kappa shape index (κ1) is 22.3. The maximum Gasteiger partial charge on any atom is 0.257 e. The van der Waals surface area contributed by atoms with Crippen LogP contribution in [-0.2, 0) is 6.61 Å². The summed E-state index contributed by atoms with van der Waals surface area (Å²) in [4.78, 5) is 25.8. The van der Waals surface area contributed by atoms with Gasteiger partial charge in [0.05, 0.1) is 35.4 Å². The molecule has 0 saturated carbocycles. The summed E-state index contributed by atoms with van der Waals surface area (Å²) in [6.07, 6.45) is 6.00. The van der Waals surface area contributed by atoms with Crippen LogP contribution in [0.3, 0.4) is 0 Å². The van der Waals surface area contributed by atoms with E-state index in [0.717, 1.165) is 6.20 Å². The van der Waals surface area contributed by atoms with Gasteiger partial charge in [0.2, 0.25) is 0 Å². The molecule has 4 aromatic heterocycles. The second kappa shape index (κ2) is 9.03. The van der Waals surface area contributed by atoms with Crippen LogP contribution in [0.1, 0.15) is 21.7 Å². The molecule has 0 unspecified atom stereocenters. The number of aliphatic hydroxyl groups excluding tert-OH is 1. The monoisotopic (exact) mass is 471 g/mol. The molecule has 5 rings (SSSR count). The summed E-state index contributed by atoms with van der Waals surface area (Å²) in [7, 11) is 0. The summed E-state index contributed by atoms with van der Waals surface area (Å²) >= 11 is 0. The maximum absolute atomic E-state index is 13.9. The summed E-state index contributed by atoms with van der Waals surface area (Å²) in [5.41, 5.74) is 4.47. The van der Waals surface area contributed by atoms with E-state index in [1.807, 2.05) is 6.07 Å². The Kier molecular flexibility index (Phi) is 5.76. The number of aliphatic hydroxyl groups is 1. The predicted molar refractivity (Wildman–Crippen MR) is 127 cm³/mol. The molecule has 1 aromatic carbocycles. The first-order chi connectivity index (χ1) is 16.9. The third-order valence-corrected chi connectivity index (χ3v) is 5.59. The molecule has 0 atom stereocenters. The molecule has 4 heterocycles. The van der Waals surface area contributed by atoms with Gasteiger partial charge in [-0.05, 0) is 55.5 Å². The molecule has 0 fully saturated rings. The van der Waals surface area contributed by atoms with Crippen molar-refractivity contribution in [2.75, 3.05) is 5.32 Å². The molecule has 7 nitrogen and oxygen atoms in total. The van der Waals surface area contributed by atoms with Gasteiger partial charge in [0.25, 0.3) is 5.91 Å². The van der Waals surface area contributed by atoms with E-state index < -0.39 is 11.6 Å². The highest BCUT2D eigenvalue weighted by Gasteiger charge is 2.19. The summed E-state index contributed by atoms with van der Waals surface area (Å²) < 4.78 is 28.8. The number of fused-ring (bicyclic) bond motifs is 1. The highest BCUT2D eigenvalue weighted by atomic mass is 19.1. The fourth-order valence-electron chi connectivity index (χ4n) is 3.94. The number of halogens is 2. The third kappa shape index (κ3) is 4.24. The average Bonchev–Trinajstić information content (AvgIpc) is 3.24. The molecule has 0 bridgehead atoms. The minimum absolute atomic E-state index is 0.345. The van der Waals surface area contributed by atoms with Gasteiger partial charge in [0, 0.05) is 41.0 Å². The Bertz CT molecular complexity index is 1560. The van der Waals surface area contributed by atoms with Crippen molar-refractivity contribution in [3.63, 3.8) is 0 Å². The smallest absolute Gasteiger partial charge is 0.257 e. The second-order valence-corrected chi connectivity index (χ2v) is 7.89. The molecule has 0 spiro atoms. The molecule has 0 saturated heterocycles.